The van der Waals surface area contributed by atoms with Gasteiger partial charge in [-0.3, -0.25) is 4.57 Å². The van der Waals surface area contributed by atoms with Crippen LogP contribution in [0.4, 0.5) is 5.95 Å². The highest BCUT2D eigenvalue weighted by Crippen LogP contribution is 2.12. The lowest BCUT2D eigenvalue weighted by Gasteiger charge is -2.27. The summed E-state index contributed by atoms with van der Waals surface area (Å²) in [6.07, 6.45) is 0. The molecular weight excluding hydrogens is 200 g/mol. The van der Waals surface area contributed by atoms with Crippen molar-refractivity contribution in [1.82, 2.24) is 14.8 Å². The molecule has 1 aliphatic rings. The smallest absolute Gasteiger partial charge is 0.225 e. The molecule has 1 aliphatic heterocycles. The Balaban J connectivity index is 2.25. The first kappa shape index (κ1) is 9.67. The number of aromatic amines is 1. The molecule has 0 saturated carbocycles. The fraction of sp³-hybridized carbons (Fsp3) is 0.750. The summed E-state index contributed by atoms with van der Waals surface area (Å²) in [5.74, 6) is 0.931. The maximum atomic E-state index is 5.29. The largest absolute Gasteiger partial charge is 0.378 e. The fourth-order valence-electron chi connectivity index (χ4n) is 1.60. The number of morpholine rings is 1. The molecule has 0 aromatic carbocycles. The molecule has 0 aliphatic carbocycles. The van der Waals surface area contributed by atoms with Gasteiger partial charge in [0.25, 0.3) is 0 Å². The van der Waals surface area contributed by atoms with Crippen molar-refractivity contribution in [3.63, 3.8) is 0 Å². The molecule has 0 amide bonds. The number of anilines is 1. The van der Waals surface area contributed by atoms with Crippen molar-refractivity contribution in [2.24, 2.45) is 0 Å². The van der Waals surface area contributed by atoms with Gasteiger partial charge in [0.15, 0.2) is 4.77 Å². The minimum atomic E-state index is 0.689. The van der Waals surface area contributed by atoms with E-state index < -0.39 is 0 Å². The van der Waals surface area contributed by atoms with E-state index in [9.17, 15) is 0 Å². The zero-order valence-electron chi connectivity index (χ0n) is 8.19. The van der Waals surface area contributed by atoms with E-state index in [4.69, 9.17) is 17.0 Å². The number of ether oxygens (including phenoxy) is 1. The Morgan fingerprint density at radius 1 is 1.50 bits per heavy atom. The number of nitrogens with one attached hydrogen (secondary N) is 1. The van der Waals surface area contributed by atoms with Gasteiger partial charge in [-0.15, -0.1) is 5.10 Å². The minimum absolute atomic E-state index is 0.689. The molecule has 1 aromatic rings. The molecule has 2 rings (SSSR count). The monoisotopic (exact) mass is 214 g/mol. The molecule has 6 heteroatoms. The van der Waals surface area contributed by atoms with Gasteiger partial charge in [0.1, 0.15) is 0 Å². The summed E-state index contributed by atoms with van der Waals surface area (Å²) in [4.78, 5) is 2.19. The van der Waals surface area contributed by atoms with E-state index in [-0.39, 0.29) is 0 Å². The van der Waals surface area contributed by atoms with Crippen LogP contribution in [0.15, 0.2) is 0 Å². The molecule has 1 aromatic heterocycles. The third-order valence-corrected chi connectivity index (χ3v) is 2.66. The van der Waals surface area contributed by atoms with E-state index in [0.717, 1.165) is 38.8 Å². The van der Waals surface area contributed by atoms with Gasteiger partial charge in [-0.05, 0) is 19.1 Å². The van der Waals surface area contributed by atoms with Crippen LogP contribution in [0, 0.1) is 4.77 Å². The topological polar surface area (TPSA) is 46.1 Å². The fourth-order valence-corrected chi connectivity index (χ4v) is 1.86. The third-order valence-electron chi connectivity index (χ3n) is 2.35. The van der Waals surface area contributed by atoms with Gasteiger partial charge in [-0.25, -0.2) is 5.10 Å². The summed E-state index contributed by atoms with van der Waals surface area (Å²) in [6.45, 7) is 6.23. The van der Waals surface area contributed by atoms with Crippen LogP contribution >= 0.6 is 12.2 Å². The predicted molar refractivity (Wildman–Crippen MR) is 56.1 cm³/mol. The van der Waals surface area contributed by atoms with E-state index in [0.29, 0.717) is 4.77 Å². The molecule has 2 heterocycles. The summed E-state index contributed by atoms with van der Waals surface area (Å²) in [5.41, 5.74) is 0. The Morgan fingerprint density at radius 2 is 2.21 bits per heavy atom. The highest BCUT2D eigenvalue weighted by atomic mass is 32.1. The van der Waals surface area contributed by atoms with Crippen molar-refractivity contribution >= 4 is 18.2 Å². The van der Waals surface area contributed by atoms with Gasteiger partial charge in [-0.2, -0.15) is 0 Å². The number of H-pyrrole nitrogens is 1. The molecule has 1 saturated heterocycles. The molecule has 78 valence electrons. The Bertz CT molecular complexity index is 352. The zero-order valence-corrected chi connectivity index (χ0v) is 9.01. The second kappa shape index (κ2) is 4.10. The predicted octanol–water partition coefficient (Wildman–Crippen LogP) is 0.797. The molecular formula is C8H14N4OS. The average Bonchev–Trinajstić information content (AvgIpc) is 2.61. The molecule has 0 radical (unpaired) electrons. The Kier molecular flexibility index (Phi) is 2.83. The summed E-state index contributed by atoms with van der Waals surface area (Å²) in [5, 5.41) is 7.05. The standard InChI is InChI=1S/C8H14N4OS/c1-2-12-7(9-10-8(12)14)11-3-5-13-6-4-11/h2-6H2,1H3,(H,10,14). The lowest BCUT2D eigenvalue weighted by Crippen LogP contribution is -2.38. The van der Waals surface area contributed by atoms with E-state index in [1.54, 1.807) is 0 Å². The molecule has 1 fully saturated rings. The quantitative estimate of drug-likeness (QED) is 0.740. The summed E-state index contributed by atoms with van der Waals surface area (Å²) in [7, 11) is 0. The van der Waals surface area contributed by atoms with E-state index in [1.165, 1.54) is 0 Å². The van der Waals surface area contributed by atoms with Crippen LogP contribution in [0.25, 0.3) is 0 Å². The normalized spacial score (nSPS) is 17.4. The molecule has 0 spiro atoms. The van der Waals surface area contributed by atoms with Crippen LogP contribution in [0.1, 0.15) is 6.92 Å². The first-order valence-electron chi connectivity index (χ1n) is 4.81. The van der Waals surface area contributed by atoms with Crippen LogP contribution < -0.4 is 4.90 Å². The number of rotatable bonds is 2. The SMILES string of the molecule is CCn1c(N2CCOCC2)n[nH]c1=S. The lowest BCUT2D eigenvalue weighted by molar-refractivity contribution is 0.121. The van der Waals surface area contributed by atoms with Crippen molar-refractivity contribution in [3.8, 4) is 0 Å². The molecule has 0 unspecified atom stereocenters. The van der Waals surface area contributed by atoms with Crippen molar-refractivity contribution < 1.29 is 4.74 Å². The van der Waals surface area contributed by atoms with E-state index >= 15 is 0 Å². The first-order valence-corrected chi connectivity index (χ1v) is 5.21. The summed E-state index contributed by atoms with van der Waals surface area (Å²) >= 11 is 5.13. The molecule has 14 heavy (non-hydrogen) atoms. The van der Waals surface area contributed by atoms with E-state index in [1.807, 2.05) is 4.57 Å². The van der Waals surface area contributed by atoms with Crippen LogP contribution in [-0.4, -0.2) is 41.1 Å². The van der Waals surface area contributed by atoms with Crippen LogP contribution in [0.5, 0.6) is 0 Å². The Labute approximate surface area is 87.7 Å². The maximum absolute atomic E-state index is 5.29. The molecule has 1 N–H and O–H groups in total. The first-order chi connectivity index (χ1) is 6.83. The van der Waals surface area contributed by atoms with Gasteiger partial charge in [0.05, 0.1) is 13.2 Å². The van der Waals surface area contributed by atoms with Crippen LogP contribution in [-0.2, 0) is 11.3 Å². The van der Waals surface area contributed by atoms with Crippen molar-refractivity contribution in [2.45, 2.75) is 13.5 Å². The number of aromatic nitrogens is 3. The lowest BCUT2D eigenvalue weighted by atomic mass is 10.4. The van der Waals surface area contributed by atoms with Crippen molar-refractivity contribution in [1.29, 1.82) is 0 Å². The zero-order chi connectivity index (χ0) is 9.97. The van der Waals surface area contributed by atoms with Gasteiger partial charge < -0.3 is 9.64 Å². The summed E-state index contributed by atoms with van der Waals surface area (Å²) < 4.78 is 7.98. The Morgan fingerprint density at radius 3 is 2.86 bits per heavy atom. The highest BCUT2D eigenvalue weighted by Gasteiger charge is 2.16. The van der Waals surface area contributed by atoms with Crippen LogP contribution in [0.3, 0.4) is 0 Å². The second-order valence-corrected chi connectivity index (χ2v) is 3.56. The van der Waals surface area contributed by atoms with Gasteiger partial charge >= 0.3 is 0 Å². The third kappa shape index (κ3) is 1.67. The summed E-state index contributed by atoms with van der Waals surface area (Å²) in [6, 6.07) is 0. The Hall–Kier alpha value is -0.880. The maximum Gasteiger partial charge on any atom is 0.225 e. The van der Waals surface area contributed by atoms with Gasteiger partial charge in [0.2, 0.25) is 5.95 Å². The number of hydrogen-bond donors (Lipinski definition) is 1. The number of hydrogen-bond acceptors (Lipinski definition) is 4. The average molecular weight is 214 g/mol. The van der Waals surface area contributed by atoms with Crippen molar-refractivity contribution in [2.75, 3.05) is 31.2 Å². The molecule has 0 atom stereocenters. The number of nitrogens with zero attached hydrogens (tertiary/aromatic N) is 3. The second-order valence-electron chi connectivity index (χ2n) is 3.17. The van der Waals surface area contributed by atoms with Crippen LogP contribution in [0.2, 0.25) is 0 Å². The minimum Gasteiger partial charge on any atom is -0.378 e. The molecule has 0 bridgehead atoms. The highest BCUT2D eigenvalue weighted by molar-refractivity contribution is 7.71. The van der Waals surface area contributed by atoms with Gasteiger partial charge in [0, 0.05) is 19.6 Å². The van der Waals surface area contributed by atoms with E-state index in [2.05, 4.69) is 22.0 Å². The molecule has 5 nitrogen and oxygen atoms in total. The van der Waals surface area contributed by atoms with Gasteiger partial charge in [-0.1, -0.05) is 0 Å². The van der Waals surface area contributed by atoms with Crippen molar-refractivity contribution in [3.05, 3.63) is 4.77 Å².